The second-order valence-corrected chi connectivity index (χ2v) is 15.3. The zero-order valence-electron chi connectivity index (χ0n) is 34.2. The Hall–Kier alpha value is -5.86. The average Bonchev–Trinajstić information content (AvgIpc) is 3.06. The van der Waals surface area contributed by atoms with Crippen molar-refractivity contribution >= 4 is 59.5 Å². The molecule has 2 aromatic carbocycles. The minimum Gasteiger partial charge on any atom is -0.480 e. The van der Waals surface area contributed by atoms with Crippen LogP contribution in [0.1, 0.15) is 105 Å². The molecule has 2 aliphatic carbocycles. The topological polar surface area (TPSA) is 222 Å². The van der Waals surface area contributed by atoms with Gasteiger partial charge in [-0.25, -0.2) is 24.0 Å². The van der Waals surface area contributed by atoms with Crippen LogP contribution in [0.4, 0.5) is 21.0 Å². The number of carboxylic acid groups (broad SMARTS) is 1. The molecule has 0 heterocycles. The van der Waals surface area contributed by atoms with E-state index in [2.05, 4.69) is 16.0 Å². The minimum atomic E-state index is -1.09. The molecule has 3 amide bonds. The van der Waals surface area contributed by atoms with Gasteiger partial charge in [0.2, 0.25) is 5.91 Å². The average molecular weight is 795 g/mol. The van der Waals surface area contributed by atoms with Gasteiger partial charge in [0.25, 0.3) is 0 Å². The zero-order valence-corrected chi connectivity index (χ0v) is 34.2. The van der Waals surface area contributed by atoms with Crippen LogP contribution in [-0.4, -0.2) is 76.6 Å². The fourth-order valence-electron chi connectivity index (χ4n) is 5.10. The van der Waals surface area contributed by atoms with Gasteiger partial charge in [0.05, 0.1) is 13.2 Å². The molecule has 15 nitrogen and oxygen atoms in total. The van der Waals surface area contributed by atoms with Crippen molar-refractivity contribution in [2.24, 2.45) is 0 Å². The number of amides is 3. The highest BCUT2D eigenvalue weighted by molar-refractivity contribution is 6.00. The van der Waals surface area contributed by atoms with Crippen molar-refractivity contribution in [2.75, 3.05) is 24.3 Å². The van der Waals surface area contributed by atoms with Gasteiger partial charge in [0.15, 0.2) is 0 Å². The van der Waals surface area contributed by atoms with Crippen LogP contribution < -0.4 is 21.7 Å². The summed E-state index contributed by atoms with van der Waals surface area (Å²) in [5, 5.41) is 17.0. The van der Waals surface area contributed by atoms with Gasteiger partial charge < -0.3 is 45.7 Å². The fraction of sp³-hybridized carbons (Fsp3) is 0.476. The molecule has 0 spiro atoms. The number of hydrogen-bond acceptors (Lipinski definition) is 11. The molecule has 2 aromatic rings. The summed E-state index contributed by atoms with van der Waals surface area (Å²) in [4.78, 5) is 69.4. The summed E-state index contributed by atoms with van der Waals surface area (Å²) in [5.41, 5.74) is 5.29. The summed E-state index contributed by atoms with van der Waals surface area (Å²) >= 11 is 0. The minimum absolute atomic E-state index is 0.264. The highest BCUT2D eigenvalue weighted by atomic mass is 16.6. The van der Waals surface area contributed by atoms with Gasteiger partial charge in [-0.2, -0.15) is 0 Å². The predicted octanol–water partition coefficient (Wildman–Crippen LogP) is 7.01. The number of carboxylic acids is 1. The van der Waals surface area contributed by atoms with E-state index in [1.807, 2.05) is 12.1 Å². The van der Waals surface area contributed by atoms with Crippen LogP contribution >= 0.6 is 0 Å². The van der Waals surface area contributed by atoms with Crippen molar-refractivity contribution in [3.8, 4) is 0 Å². The summed E-state index contributed by atoms with van der Waals surface area (Å²) in [5.74, 6) is -1.98. The maximum Gasteiger partial charge on any atom is 0.408 e. The number of hydrogen-bond donors (Lipinski definition) is 5. The van der Waals surface area contributed by atoms with Crippen molar-refractivity contribution in [3.05, 3.63) is 71.8 Å². The van der Waals surface area contributed by atoms with E-state index < -0.39 is 46.4 Å². The Morgan fingerprint density at radius 3 is 1.39 bits per heavy atom. The summed E-state index contributed by atoms with van der Waals surface area (Å²) in [6.07, 6.45) is 8.59. The van der Waals surface area contributed by atoms with E-state index in [-0.39, 0.29) is 11.9 Å². The van der Waals surface area contributed by atoms with E-state index in [0.29, 0.717) is 50.3 Å². The zero-order chi connectivity index (χ0) is 42.9. The number of carbonyl (C=O) groups is 6. The van der Waals surface area contributed by atoms with Crippen LogP contribution in [0.3, 0.4) is 0 Å². The third-order valence-electron chi connectivity index (χ3n) is 8.24. The van der Waals surface area contributed by atoms with Crippen molar-refractivity contribution in [2.45, 2.75) is 116 Å². The number of anilines is 2. The SMILES string of the molecule is CC(C)(C)OC(=O)NC1(C(=O)O)CCC1.CCOC(=O)/C=C/c1ccc(N)cc1.CCOC(=O)/C=C/c1ccc(NC(=O)C2(NC(=O)OC(C)(C)C)CCC2)cc1. The number of nitrogens with one attached hydrogen (secondary N) is 3. The van der Waals surface area contributed by atoms with Crippen molar-refractivity contribution < 1.29 is 52.8 Å². The molecule has 2 fully saturated rings. The fourth-order valence-corrected chi connectivity index (χ4v) is 5.10. The van der Waals surface area contributed by atoms with Gasteiger partial charge in [0, 0.05) is 23.5 Å². The molecule has 0 bridgehead atoms. The van der Waals surface area contributed by atoms with Crippen LogP contribution in [0, 0.1) is 0 Å². The van der Waals surface area contributed by atoms with Gasteiger partial charge >= 0.3 is 30.1 Å². The van der Waals surface area contributed by atoms with Crippen molar-refractivity contribution in [3.63, 3.8) is 0 Å². The summed E-state index contributed by atoms with van der Waals surface area (Å²) in [6, 6.07) is 14.3. The molecular weight excluding hydrogens is 736 g/mol. The highest BCUT2D eigenvalue weighted by Crippen LogP contribution is 2.34. The van der Waals surface area contributed by atoms with Gasteiger partial charge in [-0.1, -0.05) is 24.3 Å². The third kappa shape index (κ3) is 17.2. The van der Waals surface area contributed by atoms with Crippen LogP contribution in [-0.2, 0) is 38.1 Å². The Balaban J connectivity index is 0.000000325. The largest absolute Gasteiger partial charge is 0.480 e. The van der Waals surface area contributed by atoms with E-state index in [0.717, 1.165) is 24.0 Å². The molecule has 57 heavy (non-hydrogen) atoms. The Morgan fingerprint density at radius 2 is 1.05 bits per heavy atom. The number of carbonyl (C=O) groups excluding carboxylic acids is 5. The lowest BCUT2D eigenvalue weighted by atomic mass is 9.76. The van der Waals surface area contributed by atoms with Crippen LogP contribution in [0.5, 0.6) is 0 Å². The normalized spacial score (nSPS) is 15.1. The molecule has 0 unspecified atom stereocenters. The first-order valence-corrected chi connectivity index (χ1v) is 18.8. The van der Waals surface area contributed by atoms with E-state index in [9.17, 15) is 28.8 Å². The number of nitrogen functional groups attached to an aromatic ring is 1. The predicted molar refractivity (Wildman–Crippen MR) is 217 cm³/mol. The van der Waals surface area contributed by atoms with Gasteiger partial charge in [-0.05, 0) is 141 Å². The molecule has 2 aliphatic rings. The maximum atomic E-state index is 12.7. The van der Waals surface area contributed by atoms with Crippen LogP contribution in [0.15, 0.2) is 60.7 Å². The number of aliphatic carboxylic acids is 1. The van der Waals surface area contributed by atoms with Gasteiger partial charge in [-0.3, -0.25) is 4.79 Å². The Labute approximate surface area is 334 Å². The molecule has 312 valence electrons. The smallest absolute Gasteiger partial charge is 0.408 e. The molecule has 0 atom stereocenters. The van der Waals surface area contributed by atoms with E-state index >= 15 is 0 Å². The molecule has 0 saturated heterocycles. The molecule has 0 aliphatic heterocycles. The first-order chi connectivity index (χ1) is 26.6. The number of rotatable bonds is 11. The first kappa shape index (κ1) is 47.3. The van der Waals surface area contributed by atoms with Crippen LogP contribution in [0.2, 0.25) is 0 Å². The lowest BCUT2D eigenvalue weighted by Crippen LogP contribution is -2.61. The second kappa shape index (κ2) is 21.4. The molecule has 6 N–H and O–H groups in total. The van der Waals surface area contributed by atoms with E-state index in [4.69, 9.17) is 29.8 Å². The summed E-state index contributed by atoms with van der Waals surface area (Å²) in [7, 11) is 0. The number of ether oxygens (including phenoxy) is 4. The Morgan fingerprint density at radius 1 is 0.667 bits per heavy atom. The second-order valence-electron chi connectivity index (χ2n) is 15.3. The number of alkyl carbamates (subject to hydrolysis) is 2. The number of benzene rings is 2. The molecule has 2 saturated carbocycles. The quantitative estimate of drug-likeness (QED) is 0.0671. The van der Waals surface area contributed by atoms with Crippen LogP contribution in [0.25, 0.3) is 12.2 Å². The molecule has 15 heteroatoms. The molecule has 0 radical (unpaired) electrons. The molecule has 0 aromatic heterocycles. The van der Waals surface area contributed by atoms with E-state index in [1.165, 1.54) is 12.2 Å². The standard InChI is InChI=1S/C21H28N2O5.C11H13NO2.C10H17NO4/c1-5-27-17(24)12-9-15-7-10-16(11-8-15)22-18(25)21(13-6-14-21)23-19(26)28-20(2,3)4;1-2-14-11(13)8-5-9-3-6-10(12)7-4-9;1-9(2,3)15-8(14)11-10(7(12)13)5-4-6-10/h7-12H,5-6,13-14H2,1-4H3,(H,22,25)(H,23,26);3-8H,2,12H2,1H3;4-6H2,1-3H3,(H,11,14)(H,12,13)/b12-9+;8-5+;. The number of nitrogens with two attached hydrogens (primary N) is 1. The first-order valence-electron chi connectivity index (χ1n) is 18.8. The summed E-state index contributed by atoms with van der Waals surface area (Å²) in [6.45, 7) is 14.8. The maximum absolute atomic E-state index is 12.7. The monoisotopic (exact) mass is 794 g/mol. The van der Waals surface area contributed by atoms with Gasteiger partial charge in [-0.15, -0.1) is 0 Å². The molecule has 4 rings (SSSR count). The van der Waals surface area contributed by atoms with E-state index in [1.54, 1.807) is 104 Å². The Kier molecular flexibility index (Phi) is 17.8. The summed E-state index contributed by atoms with van der Waals surface area (Å²) < 4.78 is 19.8. The third-order valence-corrected chi connectivity index (χ3v) is 8.24. The highest BCUT2D eigenvalue weighted by Gasteiger charge is 2.47. The van der Waals surface area contributed by atoms with Gasteiger partial charge in [0.1, 0.15) is 22.3 Å². The Bertz CT molecular complexity index is 1730. The molecular formula is C42H58N4O11. The number of esters is 2. The lowest BCUT2D eigenvalue weighted by Gasteiger charge is -2.40. The lowest BCUT2D eigenvalue weighted by molar-refractivity contribution is -0.148. The van der Waals surface area contributed by atoms with Crippen molar-refractivity contribution in [1.82, 2.24) is 10.6 Å². The van der Waals surface area contributed by atoms with Crippen molar-refractivity contribution in [1.29, 1.82) is 0 Å².